The Morgan fingerprint density at radius 2 is 1.29 bits per heavy atom. The Kier molecular flexibility index (Phi) is 5.68. The number of pyridine rings is 1. The van der Waals surface area contributed by atoms with Gasteiger partial charge >= 0.3 is 7.12 Å². The van der Waals surface area contributed by atoms with E-state index >= 15 is 0 Å². The molecule has 6 heteroatoms. The number of hydrogen-bond acceptors (Lipinski definition) is 4. The van der Waals surface area contributed by atoms with Gasteiger partial charge in [0.1, 0.15) is 4.83 Å². The Hall–Kier alpha value is -4.49. The topological polar surface area (TPSA) is 36.3 Å². The van der Waals surface area contributed by atoms with Crippen molar-refractivity contribution < 1.29 is 9.31 Å². The standard InChI is InChI=1S/C39H31BN2O2S/c1-38(2)39(3,4)44-40(43-38)26-22-20-25(21-23-26)35-36-33(28-15-7-9-17-30(28)41-35)34-29-16-8-10-18-32(29)42(37(34)45-36)31-19-11-13-24-12-5-6-14-27(24)31/h5-23H,1-4H3. The highest BCUT2D eigenvalue weighted by Gasteiger charge is 2.51. The summed E-state index contributed by atoms with van der Waals surface area (Å²) < 4.78 is 16.3. The zero-order valence-corrected chi connectivity index (χ0v) is 26.5. The molecule has 218 valence electrons. The molecule has 8 aromatic rings. The fourth-order valence-corrected chi connectivity index (χ4v) is 8.18. The smallest absolute Gasteiger partial charge is 0.399 e. The Balaban J connectivity index is 1.31. The van der Waals surface area contributed by atoms with Crippen LogP contribution in [0.5, 0.6) is 0 Å². The molecular weight excluding hydrogens is 571 g/mol. The van der Waals surface area contributed by atoms with Crippen LogP contribution in [0.15, 0.2) is 115 Å². The molecule has 5 aromatic carbocycles. The summed E-state index contributed by atoms with van der Waals surface area (Å²) >= 11 is 1.83. The van der Waals surface area contributed by atoms with Crippen LogP contribution >= 0.6 is 11.3 Å². The van der Waals surface area contributed by atoms with Gasteiger partial charge in [-0.1, -0.05) is 97.1 Å². The van der Waals surface area contributed by atoms with Gasteiger partial charge in [0, 0.05) is 32.5 Å². The maximum Gasteiger partial charge on any atom is 0.494 e. The SMILES string of the molecule is CC1(C)OB(c2ccc(-c3nc4ccccc4c4c3sc3c4c4ccccc4n3-c3cccc4ccccc34)cc2)OC1(C)C. The van der Waals surface area contributed by atoms with Crippen LogP contribution in [0.3, 0.4) is 0 Å². The lowest BCUT2D eigenvalue weighted by molar-refractivity contribution is 0.00578. The van der Waals surface area contributed by atoms with Crippen LogP contribution in [0.1, 0.15) is 27.7 Å². The average Bonchev–Trinajstić information content (AvgIpc) is 3.66. The molecule has 45 heavy (non-hydrogen) atoms. The lowest BCUT2D eigenvalue weighted by atomic mass is 9.78. The third-order valence-corrected chi connectivity index (χ3v) is 11.0. The fraction of sp³-hybridized carbons (Fsp3) is 0.154. The van der Waals surface area contributed by atoms with Crippen LogP contribution in [-0.4, -0.2) is 27.9 Å². The molecule has 1 fully saturated rings. The molecule has 0 aliphatic carbocycles. The van der Waals surface area contributed by atoms with E-state index in [0.717, 1.165) is 22.2 Å². The van der Waals surface area contributed by atoms with E-state index in [1.807, 2.05) is 11.3 Å². The minimum absolute atomic E-state index is 0.383. The van der Waals surface area contributed by atoms with Gasteiger partial charge in [-0.2, -0.15) is 0 Å². The van der Waals surface area contributed by atoms with Crippen LogP contribution < -0.4 is 5.46 Å². The number of aromatic nitrogens is 2. The molecule has 0 radical (unpaired) electrons. The highest BCUT2D eigenvalue weighted by Crippen LogP contribution is 2.48. The van der Waals surface area contributed by atoms with Gasteiger partial charge in [0.2, 0.25) is 0 Å². The van der Waals surface area contributed by atoms with E-state index in [2.05, 4.69) is 148 Å². The second-order valence-corrected chi connectivity index (χ2v) is 14.0. The minimum atomic E-state index is -0.398. The first-order valence-corrected chi connectivity index (χ1v) is 16.3. The number of hydrogen-bond donors (Lipinski definition) is 0. The van der Waals surface area contributed by atoms with Gasteiger partial charge < -0.3 is 13.9 Å². The van der Waals surface area contributed by atoms with Gasteiger partial charge in [0.25, 0.3) is 0 Å². The highest BCUT2D eigenvalue weighted by molar-refractivity contribution is 7.26. The molecule has 1 aliphatic heterocycles. The molecule has 0 saturated carbocycles. The van der Waals surface area contributed by atoms with E-state index in [1.54, 1.807) is 0 Å². The summed E-state index contributed by atoms with van der Waals surface area (Å²) in [6.07, 6.45) is 0. The molecule has 4 heterocycles. The van der Waals surface area contributed by atoms with Crippen molar-refractivity contribution in [1.82, 2.24) is 9.55 Å². The van der Waals surface area contributed by atoms with E-state index in [4.69, 9.17) is 14.3 Å². The predicted molar refractivity (Wildman–Crippen MR) is 190 cm³/mol. The lowest BCUT2D eigenvalue weighted by Crippen LogP contribution is -2.41. The largest absolute Gasteiger partial charge is 0.494 e. The van der Waals surface area contributed by atoms with Crippen LogP contribution in [0.25, 0.3) is 69.8 Å². The zero-order valence-electron chi connectivity index (χ0n) is 25.7. The van der Waals surface area contributed by atoms with Gasteiger partial charge in [-0.3, -0.25) is 0 Å². The number of fused-ring (bicyclic) bond motifs is 8. The summed E-state index contributed by atoms with van der Waals surface area (Å²) in [4.78, 5) is 6.53. The lowest BCUT2D eigenvalue weighted by Gasteiger charge is -2.32. The number of nitrogens with zero attached hydrogens (tertiary/aromatic N) is 2. The summed E-state index contributed by atoms with van der Waals surface area (Å²) in [6.45, 7) is 8.36. The second kappa shape index (κ2) is 9.51. The number of rotatable bonds is 3. The second-order valence-electron chi connectivity index (χ2n) is 13.0. The predicted octanol–water partition coefficient (Wildman–Crippen LogP) is 9.67. The third kappa shape index (κ3) is 3.89. The number of thiophene rings is 1. The van der Waals surface area contributed by atoms with Crippen molar-refractivity contribution in [2.24, 2.45) is 0 Å². The summed E-state index contributed by atoms with van der Waals surface area (Å²) in [7, 11) is -0.398. The van der Waals surface area contributed by atoms with Crippen molar-refractivity contribution in [2.45, 2.75) is 38.9 Å². The molecule has 0 atom stereocenters. The maximum absolute atomic E-state index is 6.34. The molecule has 0 unspecified atom stereocenters. The Morgan fingerprint density at radius 3 is 2.07 bits per heavy atom. The van der Waals surface area contributed by atoms with E-state index in [-0.39, 0.29) is 11.2 Å². The Morgan fingerprint density at radius 1 is 0.644 bits per heavy atom. The molecule has 1 aliphatic rings. The maximum atomic E-state index is 6.34. The first-order chi connectivity index (χ1) is 21.8. The first kappa shape index (κ1) is 26.9. The van der Waals surface area contributed by atoms with Gasteiger partial charge in [0.15, 0.2) is 0 Å². The quantitative estimate of drug-likeness (QED) is 0.189. The molecule has 0 amide bonds. The van der Waals surface area contributed by atoms with Crippen molar-refractivity contribution in [3.8, 4) is 16.9 Å². The van der Waals surface area contributed by atoms with E-state index in [9.17, 15) is 0 Å². The fourth-order valence-electron chi connectivity index (χ4n) is 6.81. The zero-order chi connectivity index (χ0) is 30.5. The average molecular weight is 603 g/mol. The molecule has 9 rings (SSSR count). The van der Waals surface area contributed by atoms with E-state index in [0.29, 0.717) is 0 Å². The summed E-state index contributed by atoms with van der Waals surface area (Å²) in [5.41, 5.74) is 5.73. The van der Waals surface area contributed by atoms with E-state index < -0.39 is 7.12 Å². The van der Waals surface area contributed by atoms with Gasteiger partial charge in [-0.15, -0.1) is 11.3 Å². The Labute approximate surface area is 266 Å². The minimum Gasteiger partial charge on any atom is -0.399 e. The molecule has 0 bridgehead atoms. The summed E-state index contributed by atoms with van der Waals surface area (Å²) in [5, 5.41) is 7.45. The molecule has 4 nitrogen and oxygen atoms in total. The Bertz CT molecular complexity index is 2440. The third-order valence-electron chi connectivity index (χ3n) is 9.84. The first-order valence-electron chi connectivity index (χ1n) is 15.5. The highest BCUT2D eigenvalue weighted by atomic mass is 32.1. The summed E-state index contributed by atoms with van der Waals surface area (Å²) in [5.74, 6) is 0. The normalized spacial score (nSPS) is 16.1. The molecule has 0 N–H and O–H groups in total. The van der Waals surface area contributed by atoms with Crippen LogP contribution in [0.2, 0.25) is 0 Å². The van der Waals surface area contributed by atoms with Gasteiger partial charge in [0.05, 0.1) is 38.3 Å². The van der Waals surface area contributed by atoms with Crippen LogP contribution in [0.4, 0.5) is 0 Å². The molecule has 1 saturated heterocycles. The van der Waals surface area contributed by atoms with Crippen molar-refractivity contribution in [1.29, 1.82) is 0 Å². The molecule has 0 spiro atoms. The van der Waals surface area contributed by atoms with Crippen molar-refractivity contribution in [3.05, 3.63) is 115 Å². The van der Waals surface area contributed by atoms with Gasteiger partial charge in [-0.05, 0) is 56.7 Å². The number of benzene rings is 5. The van der Waals surface area contributed by atoms with Gasteiger partial charge in [-0.25, -0.2) is 4.98 Å². The molecular formula is C39H31BN2O2S. The monoisotopic (exact) mass is 602 g/mol. The number of para-hydroxylation sites is 2. The van der Waals surface area contributed by atoms with Crippen LogP contribution in [0, 0.1) is 0 Å². The van der Waals surface area contributed by atoms with Crippen molar-refractivity contribution >= 4 is 76.8 Å². The van der Waals surface area contributed by atoms with Crippen LogP contribution in [-0.2, 0) is 9.31 Å². The molecule has 3 aromatic heterocycles. The van der Waals surface area contributed by atoms with E-state index in [1.165, 1.54) is 53.1 Å². The summed E-state index contributed by atoms with van der Waals surface area (Å²) in [6, 6.07) is 41.2. The van der Waals surface area contributed by atoms with Crippen molar-refractivity contribution in [3.63, 3.8) is 0 Å². The van der Waals surface area contributed by atoms with Crippen molar-refractivity contribution in [2.75, 3.05) is 0 Å².